The summed E-state index contributed by atoms with van der Waals surface area (Å²) >= 11 is 0. The van der Waals surface area contributed by atoms with Crippen molar-refractivity contribution in [2.24, 2.45) is 0 Å². The first-order valence-electron chi connectivity index (χ1n) is 3.03. The predicted octanol–water partition coefficient (Wildman–Crippen LogP) is 1.64. The Hall–Kier alpha value is -0.180. The van der Waals surface area contributed by atoms with Crippen molar-refractivity contribution in [1.82, 2.24) is 5.32 Å². The van der Waals surface area contributed by atoms with E-state index in [0.717, 1.165) is 6.92 Å². The minimum atomic E-state index is -2.58. The molecule has 0 saturated carbocycles. The average Bonchev–Trinajstić information content (AvgIpc) is 1.59. The summed E-state index contributed by atoms with van der Waals surface area (Å²) < 4.78 is 24.0. The maximum atomic E-state index is 12.0. The van der Waals surface area contributed by atoms with Gasteiger partial charge in [-0.3, -0.25) is 0 Å². The third-order valence-electron chi connectivity index (χ3n) is 0.821. The van der Waals surface area contributed by atoms with Gasteiger partial charge < -0.3 is 5.32 Å². The van der Waals surface area contributed by atoms with Crippen molar-refractivity contribution in [2.45, 2.75) is 32.7 Å². The van der Waals surface area contributed by atoms with Gasteiger partial charge in [0.15, 0.2) is 0 Å². The van der Waals surface area contributed by atoms with Crippen molar-refractivity contribution in [1.29, 1.82) is 0 Å². The monoisotopic (exact) mass is 137 g/mol. The Labute approximate surface area is 54.4 Å². The van der Waals surface area contributed by atoms with Crippen LogP contribution in [-0.4, -0.2) is 18.5 Å². The summed E-state index contributed by atoms with van der Waals surface area (Å²) in [5.41, 5.74) is 0. The molecule has 0 aromatic heterocycles. The zero-order valence-electron chi connectivity index (χ0n) is 6.04. The van der Waals surface area contributed by atoms with E-state index in [4.69, 9.17) is 0 Å². The van der Waals surface area contributed by atoms with E-state index < -0.39 is 5.92 Å². The second kappa shape index (κ2) is 3.11. The quantitative estimate of drug-likeness (QED) is 0.623. The molecule has 9 heavy (non-hydrogen) atoms. The van der Waals surface area contributed by atoms with E-state index in [1.165, 1.54) is 0 Å². The summed E-state index contributed by atoms with van der Waals surface area (Å²) in [6.45, 7) is 4.35. The summed E-state index contributed by atoms with van der Waals surface area (Å²) in [6, 6.07) is 0.135. The normalized spacial score (nSPS) is 12.7. The summed E-state index contributed by atoms with van der Waals surface area (Å²) in [6.07, 6.45) is 0. The largest absolute Gasteiger partial charge is 0.309 e. The van der Waals surface area contributed by atoms with Gasteiger partial charge in [0, 0.05) is 13.0 Å². The Morgan fingerprint density at radius 1 is 1.44 bits per heavy atom. The molecule has 0 radical (unpaired) electrons. The molecular weight excluding hydrogens is 124 g/mol. The fraction of sp³-hybridized carbons (Fsp3) is 1.00. The fourth-order valence-corrected chi connectivity index (χ4v) is 0.383. The van der Waals surface area contributed by atoms with Crippen molar-refractivity contribution in [3.63, 3.8) is 0 Å². The molecule has 0 aromatic carbocycles. The lowest BCUT2D eigenvalue weighted by atomic mass is 10.3. The molecule has 0 saturated heterocycles. The number of nitrogens with one attached hydrogen (secondary N) is 1. The Kier molecular flexibility index (Phi) is 3.04. The first-order valence-corrected chi connectivity index (χ1v) is 3.03. The number of hydrogen-bond donors (Lipinski definition) is 1. The van der Waals surface area contributed by atoms with Crippen LogP contribution in [0.1, 0.15) is 20.8 Å². The summed E-state index contributed by atoms with van der Waals surface area (Å²) in [7, 11) is 0. The molecule has 0 aromatic rings. The highest BCUT2D eigenvalue weighted by atomic mass is 19.3. The molecule has 0 aliphatic rings. The molecule has 0 atom stereocenters. The number of rotatable bonds is 3. The van der Waals surface area contributed by atoms with Gasteiger partial charge in [-0.2, -0.15) is 0 Å². The third kappa shape index (κ3) is 7.82. The van der Waals surface area contributed by atoms with Crippen LogP contribution < -0.4 is 5.32 Å². The smallest absolute Gasteiger partial charge is 0.257 e. The third-order valence-corrected chi connectivity index (χ3v) is 0.821. The Morgan fingerprint density at radius 3 is 2.00 bits per heavy atom. The van der Waals surface area contributed by atoms with Gasteiger partial charge in [0.1, 0.15) is 0 Å². The number of alkyl halides is 2. The summed E-state index contributed by atoms with van der Waals surface area (Å²) in [5, 5.41) is 2.64. The molecule has 1 N–H and O–H groups in total. The maximum absolute atomic E-state index is 12.0. The van der Waals surface area contributed by atoms with Gasteiger partial charge in [-0.25, -0.2) is 8.78 Å². The van der Waals surface area contributed by atoms with Gasteiger partial charge in [-0.1, -0.05) is 13.8 Å². The van der Waals surface area contributed by atoms with Crippen molar-refractivity contribution in [3.05, 3.63) is 0 Å². The van der Waals surface area contributed by atoms with E-state index in [1.807, 2.05) is 13.8 Å². The number of hydrogen-bond acceptors (Lipinski definition) is 1. The van der Waals surface area contributed by atoms with E-state index >= 15 is 0 Å². The summed E-state index contributed by atoms with van der Waals surface area (Å²) in [4.78, 5) is 0. The van der Waals surface area contributed by atoms with E-state index in [1.54, 1.807) is 0 Å². The van der Waals surface area contributed by atoms with Crippen molar-refractivity contribution >= 4 is 0 Å². The Bertz CT molecular complexity index is 75.6. The molecule has 0 amide bonds. The van der Waals surface area contributed by atoms with Crippen LogP contribution in [0.4, 0.5) is 8.78 Å². The van der Waals surface area contributed by atoms with Crippen LogP contribution in [0.5, 0.6) is 0 Å². The lowest BCUT2D eigenvalue weighted by Gasteiger charge is -2.13. The first-order chi connectivity index (χ1) is 3.92. The van der Waals surface area contributed by atoms with E-state index in [-0.39, 0.29) is 12.6 Å². The molecule has 0 rings (SSSR count). The molecule has 0 unspecified atom stereocenters. The SMILES string of the molecule is CC(C)NCC(C)(F)F. The van der Waals surface area contributed by atoms with Crippen molar-refractivity contribution in [3.8, 4) is 0 Å². The van der Waals surface area contributed by atoms with Crippen LogP contribution in [0.15, 0.2) is 0 Å². The lowest BCUT2D eigenvalue weighted by Crippen LogP contribution is -2.34. The van der Waals surface area contributed by atoms with Crippen LogP contribution in [0, 0.1) is 0 Å². The topological polar surface area (TPSA) is 12.0 Å². The summed E-state index contributed by atoms with van der Waals surface area (Å²) in [5.74, 6) is -2.58. The molecule has 56 valence electrons. The van der Waals surface area contributed by atoms with Gasteiger partial charge >= 0.3 is 0 Å². The molecule has 3 heteroatoms. The van der Waals surface area contributed by atoms with Gasteiger partial charge in [0.2, 0.25) is 0 Å². The second-order valence-electron chi connectivity index (χ2n) is 2.61. The highest BCUT2D eigenvalue weighted by molar-refractivity contribution is 4.63. The first kappa shape index (κ1) is 8.82. The minimum Gasteiger partial charge on any atom is -0.309 e. The lowest BCUT2D eigenvalue weighted by molar-refractivity contribution is 0.0209. The standard InChI is InChI=1S/C6H13F2N/c1-5(2)9-4-6(3,7)8/h5,9H,4H2,1-3H3. The van der Waals surface area contributed by atoms with Gasteiger partial charge in [-0.05, 0) is 0 Å². The molecule has 0 aliphatic carbocycles. The zero-order valence-corrected chi connectivity index (χ0v) is 6.04. The van der Waals surface area contributed by atoms with Crippen LogP contribution in [-0.2, 0) is 0 Å². The second-order valence-corrected chi connectivity index (χ2v) is 2.61. The molecule has 0 heterocycles. The molecule has 0 spiro atoms. The van der Waals surface area contributed by atoms with Crippen molar-refractivity contribution < 1.29 is 8.78 Å². The minimum absolute atomic E-state index is 0.135. The van der Waals surface area contributed by atoms with Crippen LogP contribution in [0.2, 0.25) is 0 Å². The molecule has 0 aliphatic heterocycles. The Morgan fingerprint density at radius 2 is 1.89 bits per heavy atom. The Balaban J connectivity index is 3.28. The zero-order chi connectivity index (χ0) is 7.49. The van der Waals surface area contributed by atoms with Gasteiger partial charge in [-0.15, -0.1) is 0 Å². The van der Waals surface area contributed by atoms with Crippen LogP contribution >= 0.6 is 0 Å². The van der Waals surface area contributed by atoms with E-state index in [0.29, 0.717) is 0 Å². The van der Waals surface area contributed by atoms with Crippen molar-refractivity contribution in [2.75, 3.05) is 6.54 Å². The predicted molar refractivity (Wildman–Crippen MR) is 33.8 cm³/mol. The number of halogens is 2. The molecule has 1 nitrogen and oxygen atoms in total. The molecule has 0 fully saturated rings. The van der Waals surface area contributed by atoms with E-state index in [2.05, 4.69) is 5.32 Å². The van der Waals surface area contributed by atoms with Crippen LogP contribution in [0.25, 0.3) is 0 Å². The fourth-order valence-electron chi connectivity index (χ4n) is 0.383. The van der Waals surface area contributed by atoms with Crippen LogP contribution in [0.3, 0.4) is 0 Å². The molecular formula is C6H13F2N. The van der Waals surface area contributed by atoms with Gasteiger partial charge in [0.25, 0.3) is 5.92 Å². The maximum Gasteiger partial charge on any atom is 0.257 e. The average molecular weight is 137 g/mol. The molecule has 0 bridgehead atoms. The highest BCUT2D eigenvalue weighted by Gasteiger charge is 2.19. The van der Waals surface area contributed by atoms with Gasteiger partial charge in [0.05, 0.1) is 6.54 Å². The highest BCUT2D eigenvalue weighted by Crippen LogP contribution is 2.08. The van der Waals surface area contributed by atoms with E-state index in [9.17, 15) is 8.78 Å².